The van der Waals surface area contributed by atoms with Gasteiger partial charge in [-0.15, -0.1) is 0 Å². The second-order valence-corrected chi connectivity index (χ2v) is 3.31. The molecule has 9 heteroatoms. The predicted molar refractivity (Wildman–Crippen MR) is 49.0 cm³/mol. The lowest BCUT2D eigenvalue weighted by molar-refractivity contribution is -0.140. The van der Waals surface area contributed by atoms with Gasteiger partial charge < -0.3 is 4.42 Å². The number of nitrogens with one attached hydrogen (secondary N) is 1. The van der Waals surface area contributed by atoms with Gasteiger partial charge in [0.25, 0.3) is 0 Å². The highest BCUT2D eigenvalue weighted by molar-refractivity contribution is 7.71. The van der Waals surface area contributed by atoms with Crippen molar-refractivity contribution >= 4 is 12.2 Å². The number of hydrogen-bond donors (Lipinski definition) is 1. The van der Waals surface area contributed by atoms with Gasteiger partial charge in [0.05, 0.1) is 0 Å². The quantitative estimate of drug-likeness (QED) is 0.830. The molecule has 0 radical (unpaired) electrons. The summed E-state index contributed by atoms with van der Waals surface area (Å²) in [6, 6.07) is 0. The van der Waals surface area contributed by atoms with Crippen LogP contribution < -0.4 is 0 Å². The average molecular weight is 250 g/mol. The van der Waals surface area contributed by atoms with Crippen LogP contribution in [0.4, 0.5) is 13.2 Å². The Morgan fingerprint density at radius 1 is 1.50 bits per heavy atom. The first-order valence-corrected chi connectivity index (χ1v) is 4.49. The van der Waals surface area contributed by atoms with Crippen molar-refractivity contribution in [2.45, 2.75) is 12.7 Å². The van der Waals surface area contributed by atoms with Crippen LogP contribution in [-0.2, 0) is 6.54 Å². The van der Waals surface area contributed by atoms with E-state index in [2.05, 4.69) is 19.6 Å². The molecule has 0 aliphatic heterocycles. The molecule has 0 fully saturated rings. The highest BCUT2D eigenvalue weighted by atomic mass is 32.1. The number of aromatic amines is 1. The maximum atomic E-state index is 12.3. The van der Waals surface area contributed by atoms with E-state index in [0.29, 0.717) is 0 Å². The Morgan fingerprint density at radius 2 is 2.25 bits per heavy atom. The molecule has 16 heavy (non-hydrogen) atoms. The fourth-order valence-corrected chi connectivity index (χ4v) is 1.36. The Kier molecular flexibility index (Phi) is 2.54. The van der Waals surface area contributed by atoms with E-state index in [1.807, 2.05) is 0 Å². The summed E-state index contributed by atoms with van der Waals surface area (Å²) >= 11 is 4.70. The summed E-state index contributed by atoms with van der Waals surface area (Å²) in [5.41, 5.74) is 0.191. The van der Waals surface area contributed by atoms with Crippen molar-refractivity contribution in [1.29, 1.82) is 0 Å². The van der Waals surface area contributed by atoms with Gasteiger partial charge in [-0.05, 0) is 12.2 Å². The zero-order valence-electron chi connectivity index (χ0n) is 7.65. The fraction of sp³-hybridized carbons (Fsp3) is 0.286. The number of aromatic nitrogens is 4. The maximum absolute atomic E-state index is 12.3. The first-order valence-electron chi connectivity index (χ1n) is 4.08. The summed E-state index contributed by atoms with van der Waals surface area (Å²) < 4.78 is 42.2. The lowest BCUT2D eigenvalue weighted by Gasteiger charge is -2.08. The van der Waals surface area contributed by atoms with E-state index in [1.54, 1.807) is 0 Å². The molecule has 86 valence electrons. The number of rotatable bonds is 2. The van der Waals surface area contributed by atoms with Crippen LogP contribution in [0.25, 0.3) is 11.5 Å². The van der Waals surface area contributed by atoms with Gasteiger partial charge in [-0.25, -0.2) is 4.98 Å². The molecule has 0 aromatic carbocycles. The highest BCUT2D eigenvalue weighted by Crippen LogP contribution is 2.22. The molecule has 0 amide bonds. The van der Waals surface area contributed by atoms with Crippen molar-refractivity contribution < 1.29 is 17.6 Å². The Hall–Kier alpha value is -1.64. The number of alkyl halides is 3. The minimum Gasteiger partial charge on any atom is -0.451 e. The zero-order valence-corrected chi connectivity index (χ0v) is 8.47. The Balaban J connectivity index is 2.45. The van der Waals surface area contributed by atoms with Crippen LogP contribution >= 0.6 is 12.2 Å². The number of nitrogens with zero attached hydrogens (tertiary/aromatic N) is 3. The summed E-state index contributed by atoms with van der Waals surface area (Å²) in [5, 5.41) is 5.95. The molecule has 0 saturated carbocycles. The first-order chi connectivity index (χ1) is 7.47. The van der Waals surface area contributed by atoms with Gasteiger partial charge in [0.15, 0.2) is 17.0 Å². The van der Waals surface area contributed by atoms with Crippen LogP contribution in [0.5, 0.6) is 0 Å². The number of oxazole rings is 1. The zero-order chi connectivity index (χ0) is 11.8. The van der Waals surface area contributed by atoms with Gasteiger partial charge in [-0.3, -0.25) is 9.67 Å². The molecule has 2 aromatic rings. The Labute approximate surface area is 91.9 Å². The van der Waals surface area contributed by atoms with E-state index in [-0.39, 0.29) is 16.3 Å². The van der Waals surface area contributed by atoms with Gasteiger partial charge >= 0.3 is 6.18 Å². The van der Waals surface area contributed by atoms with Gasteiger partial charge in [0.1, 0.15) is 18.5 Å². The number of H-pyrrole nitrogens is 1. The number of halogens is 3. The van der Waals surface area contributed by atoms with Crippen molar-refractivity contribution in [2.24, 2.45) is 0 Å². The molecule has 0 spiro atoms. The first kappa shape index (κ1) is 10.9. The van der Waals surface area contributed by atoms with E-state index in [9.17, 15) is 13.2 Å². The summed E-state index contributed by atoms with van der Waals surface area (Å²) in [4.78, 5) is 3.71. The van der Waals surface area contributed by atoms with E-state index in [1.165, 1.54) is 6.26 Å². The van der Waals surface area contributed by atoms with Crippen LogP contribution in [0.1, 0.15) is 0 Å². The molecule has 0 aliphatic rings. The molecule has 2 rings (SSSR count). The Bertz CT molecular complexity index is 527. The number of hydrogen-bond acceptors (Lipinski definition) is 4. The smallest absolute Gasteiger partial charge is 0.406 e. The molecular formula is C7H5F3N4OS. The van der Waals surface area contributed by atoms with E-state index in [0.717, 1.165) is 11.0 Å². The third-order valence-electron chi connectivity index (χ3n) is 1.76. The molecule has 0 bridgehead atoms. The summed E-state index contributed by atoms with van der Waals surface area (Å²) in [7, 11) is 0. The molecule has 0 saturated heterocycles. The predicted octanol–water partition coefficient (Wildman–Crippen LogP) is 2.16. The SMILES string of the molecule is FC(F)(F)Cn1c(-c2cocn2)n[nH]c1=S. The third-order valence-corrected chi connectivity index (χ3v) is 2.07. The van der Waals surface area contributed by atoms with Crippen molar-refractivity contribution in [3.63, 3.8) is 0 Å². The standard InChI is InChI=1S/C7H5F3N4OS/c8-7(9,10)2-14-5(12-13-6(14)16)4-1-15-3-11-4/h1,3H,2H2,(H,13,16). The van der Waals surface area contributed by atoms with Gasteiger partial charge in [0.2, 0.25) is 0 Å². The topological polar surface area (TPSA) is 59.6 Å². The van der Waals surface area contributed by atoms with E-state index >= 15 is 0 Å². The highest BCUT2D eigenvalue weighted by Gasteiger charge is 2.30. The molecule has 0 unspecified atom stereocenters. The molecule has 0 aliphatic carbocycles. The summed E-state index contributed by atoms with van der Waals surface area (Å²) in [5.74, 6) is -0.00363. The van der Waals surface area contributed by atoms with Crippen LogP contribution in [0.15, 0.2) is 17.1 Å². The second kappa shape index (κ2) is 3.74. The summed E-state index contributed by atoms with van der Waals surface area (Å²) in [6.07, 6.45) is -2.08. The molecular weight excluding hydrogens is 245 g/mol. The van der Waals surface area contributed by atoms with E-state index in [4.69, 9.17) is 12.2 Å². The van der Waals surface area contributed by atoms with Gasteiger partial charge in [-0.1, -0.05) is 0 Å². The molecule has 5 nitrogen and oxygen atoms in total. The summed E-state index contributed by atoms with van der Waals surface area (Å²) in [6.45, 7) is -1.22. The van der Waals surface area contributed by atoms with Crippen molar-refractivity contribution in [3.8, 4) is 11.5 Å². The molecule has 1 N–H and O–H groups in total. The van der Waals surface area contributed by atoms with Crippen LogP contribution in [0, 0.1) is 4.77 Å². The van der Waals surface area contributed by atoms with Crippen LogP contribution in [0.3, 0.4) is 0 Å². The monoisotopic (exact) mass is 250 g/mol. The molecule has 2 aromatic heterocycles. The van der Waals surface area contributed by atoms with Crippen molar-refractivity contribution in [3.05, 3.63) is 17.4 Å². The van der Waals surface area contributed by atoms with Crippen molar-refractivity contribution in [2.75, 3.05) is 0 Å². The largest absolute Gasteiger partial charge is 0.451 e. The second-order valence-electron chi connectivity index (χ2n) is 2.93. The minimum atomic E-state index is -4.37. The minimum absolute atomic E-state index is 0.00363. The maximum Gasteiger partial charge on any atom is 0.406 e. The van der Waals surface area contributed by atoms with Gasteiger partial charge in [0, 0.05) is 0 Å². The molecule has 0 atom stereocenters. The van der Waals surface area contributed by atoms with Crippen LogP contribution in [0.2, 0.25) is 0 Å². The normalized spacial score (nSPS) is 11.9. The van der Waals surface area contributed by atoms with Crippen molar-refractivity contribution in [1.82, 2.24) is 19.7 Å². The van der Waals surface area contributed by atoms with Crippen LogP contribution in [-0.4, -0.2) is 25.9 Å². The lowest BCUT2D eigenvalue weighted by atomic mass is 10.4. The third kappa shape index (κ3) is 2.13. The molecule has 2 heterocycles. The fourth-order valence-electron chi connectivity index (χ4n) is 1.16. The average Bonchev–Trinajstić information content (AvgIpc) is 2.75. The van der Waals surface area contributed by atoms with E-state index < -0.39 is 12.7 Å². The lowest BCUT2D eigenvalue weighted by Crippen LogP contribution is -2.18. The van der Waals surface area contributed by atoms with Gasteiger partial charge in [-0.2, -0.15) is 18.3 Å². The Morgan fingerprint density at radius 3 is 2.81 bits per heavy atom.